The fraction of sp³-hybridized carbons (Fsp3) is 0.312. The smallest absolute Gasteiger partial charge is 0.266 e. The molecule has 0 aliphatic carbocycles. The number of nitrogens with zero attached hydrogens (tertiary/aromatic N) is 4. The number of H-pyrrole nitrogens is 1. The Labute approximate surface area is 145 Å². The van der Waals surface area contributed by atoms with Crippen LogP contribution in [0.1, 0.15) is 23.2 Å². The number of anilines is 1. The van der Waals surface area contributed by atoms with Gasteiger partial charge in [0.05, 0.1) is 18.7 Å². The zero-order valence-corrected chi connectivity index (χ0v) is 14.0. The fourth-order valence-corrected chi connectivity index (χ4v) is 2.59. The van der Waals surface area contributed by atoms with Crippen molar-refractivity contribution in [3.05, 3.63) is 51.2 Å². The van der Waals surface area contributed by atoms with Crippen molar-refractivity contribution in [3.63, 3.8) is 0 Å². The molecule has 0 unspecified atom stereocenters. The zero-order valence-electron chi connectivity index (χ0n) is 14.0. The fourth-order valence-electron chi connectivity index (χ4n) is 2.59. The molecular weight excluding hydrogens is 351 g/mol. The Balaban J connectivity index is 2.10. The lowest BCUT2D eigenvalue weighted by molar-refractivity contribution is 0.146. The first kappa shape index (κ1) is 17.9. The quantitative estimate of drug-likeness (QED) is 0.718. The van der Waals surface area contributed by atoms with Gasteiger partial charge in [0, 0.05) is 14.1 Å². The molecule has 0 bridgehead atoms. The van der Waals surface area contributed by atoms with Gasteiger partial charge >= 0.3 is 0 Å². The van der Waals surface area contributed by atoms with Crippen molar-refractivity contribution >= 4 is 17.0 Å². The predicted octanol–water partition coefficient (Wildman–Crippen LogP) is 1.80. The van der Waals surface area contributed by atoms with E-state index in [0.29, 0.717) is 5.56 Å². The molecule has 0 spiro atoms. The number of fused-ring (bicyclic) bond motifs is 1. The van der Waals surface area contributed by atoms with Gasteiger partial charge in [-0.15, -0.1) is 0 Å². The first-order valence-electron chi connectivity index (χ1n) is 7.66. The molecule has 0 saturated heterocycles. The number of aromatic nitrogens is 4. The van der Waals surface area contributed by atoms with Gasteiger partial charge in [-0.3, -0.25) is 9.78 Å². The number of nitrogens with one attached hydrogen (secondary N) is 1. The van der Waals surface area contributed by atoms with Crippen molar-refractivity contribution in [2.75, 3.05) is 19.0 Å². The van der Waals surface area contributed by atoms with Crippen LogP contribution < -0.4 is 10.5 Å². The number of hydrogen-bond donors (Lipinski definition) is 2. The Kier molecular flexibility index (Phi) is 4.68. The second kappa shape index (κ2) is 6.79. The summed E-state index contributed by atoms with van der Waals surface area (Å²) >= 11 is 0. The molecular formula is C16H16F3N5O2. The lowest BCUT2D eigenvalue weighted by atomic mass is 10.1. The van der Waals surface area contributed by atoms with Gasteiger partial charge in [0.1, 0.15) is 16.9 Å². The van der Waals surface area contributed by atoms with Gasteiger partial charge < -0.3 is 10.0 Å². The van der Waals surface area contributed by atoms with E-state index >= 15 is 0 Å². The molecule has 0 fully saturated rings. The highest BCUT2D eigenvalue weighted by atomic mass is 19.3. The summed E-state index contributed by atoms with van der Waals surface area (Å²) in [6, 6.07) is 3.36. The summed E-state index contributed by atoms with van der Waals surface area (Å²) in [6.07, 6.45) is -2.90. The highest BCUT2D eigenvalue weighted by Gasteiger charge is 2.18. The summed E-state index contributed by atoms with van der Waals surface area (Å²) < 4.78 is 40.5. The average Bonchev–Trinajstić information content (AvgIpc) is 2.93. The minimum atomic E-state index is -2.90. The SMILES string of the molecule is CN(C)c1nc2c(c(CO)nn2Cc2ccc(C(F)F)c(F)c2)c(=O)[nH]1. The lowest BCUT2D eigenvalue weighted by Gasteiger charge is -2.11. The topological polar surface area (TPSA) is 87.0 Å². The minimum absolute atomic E-state index is 0.000258. The number of rotatable bonds is 5. The number of aliphatic hydroxyl groups excluding tert-OH is 1. The molecule has 0 radical (unpaired) electrons. The van der Waals surface area contributed by atoms with Crippen LogP contribution >= 0.6 is 0 Å². The molecule has 2 N–H and O–H groups in total. The van der Waals surface area contributed by atoms with Crippen LogP contribution in [-0.2, 0) is 13.2 Å². The molecule has 2 heterocycles. The van der Waals surface area contributed by atoms with E-state index in [1.807, 2.05) is 0 Å². The summed E-state index contributed by atoms with van der Waals surface area (Å²) in [5.41, 5.74) is -0.439. The molecule has 0 atom stereocenters. The molecule has 138 valence electrons. The van der Waals surface area contributed by atoms with Crippen molar-refractivity contribution < 1.29 is 18.3 Å². The molecule has 3 rings (SSSR count). The highest BCUT2D eigenvalue weighted by molar-refractivity contribution is 5.78. The first-order valence-corrected chi connectivity index (χ1v) is 7.66. The van der Waals surface area contributed by atoms with Crippen LogP contribution in [0.4, 0.5) is 19.1 Å². The maximum atomic E-state index is 13.8. The molecule has 0 aliphatic heterocycles. The van der Waals surface area contributed by atoms with E-state index in [1.165, 1.54) is 10.7 Å². The molecule has 2 aromatic heterocycles. The van der Waals surface area contributed by atoms with E-state index in [0.717, 1.165) is 12.1 Å². The Hall–Kier alpha value is -2.88. The second-order valence-electron chi connectivity index (χ2n) is 5.90. The van der Waals surface area contributed by atoms with Crippen LogP contribution in [0.15, 0.2) is 23.0 Å². The lowest BCUT2D eigenvalue weighted by Crippen LogP contribution is -2.19. The third-order valence-electron chi connectivity index (χ3n) is 3.87. The monoisotopic (exact) mass is 367 g/mol. The number of aliphatic hydroxyl groups is 1. The number of benzene rings is 1. The van der Waals surface area contributed by atoms with E-state index < -0.39 is 30.0 Å². The maximum absolute atomic E-state index is 13.8. The number of aromatic amines is 1. The van der Waals surface area contributed by atoms with Crippen molar-refractivity contribution in [1.82, 2.24) is 19.7 Å². The van der Waals surface area contributed by atoms with Crippen LogP contribution in [0.25, 0.3) is 11.0 Å². The summed E-state index contributed by atoms with van der Waals surface area (Å²) in [7, 11) is 3.38. The van der Waals surface area contributed by atoms with Gasteiger partial charge in [-0.1, -0.05) is 12.1 Å². The normalized spacial score (nSPS) is 11.5. The van der Waals surface area contributed by atoms with Crippen LogP contribution in [-0.4, -0.2) is 39.0 Å². The van der Waals surface area contributed by atoms with Gasteiger partial charge in [0.15, 0.2) is 5.65 Å². The zero-order chi connectivity index (χ0) is 19.0. The number of halogens is 3. The summed E-state index contributed by atoms with van der Waals surface area (Å²) in [5.74, 6) is -0.733. The number of alkyl halides is 2. The molecule has 3 aromatic rings. The van der Waals surface area contributed by atoms with Crippen molar-refractivity contribution in [3.8, 4) is 0 Å². The highest BCUT2D eigenvalue weighted by Crippen LogP contribution is 2.23. The Morgan fingerprint density at radius 3 is 2.65 bits per heavy atom. The molecule has 10 heteroatoms. The minimum Gasteiger partial charge on any atom is -0.390 e. The van der Waals surface area contributed by atoms with Crippen molar-refractivity contribution in [1.29, 1.82) is 0 Å². The second-order valence-corrected chi connectivity index (χ2v) is 5.90. The van der Waals surface area contributed by atoms with E-state index in [2.05, 4.69) is 15.1 Å². The molecule has 0 aliphatic rings. The summed E-state index contributed by atoms with van der Waals surface area (Å²) in [4.78, 5) is 20.8. The van der Waals surface area contributed by atoms with Crippen LogP contribution in [0.2, 0.25) is 0 Å². The largest absolute Gasteiger partial charge is 0.390 e. The van der Waals surface area contributed by atoms with Gasteiger partial charge in [-0.05, 0) is 11.6 Å². The van der Waals surface area contributed by atoms with E-state index in [1.54, 1.807) is 19.0 Å². The summed E-state index contributed by atoms with van der Waals surface area (Å²) in [5, 5.41) is 13.7. The average molecular weight is 367 g/mol. The van der Waals surface area contributed by atoms with E-state index in [9.17, 15) is 23.1 Å². The predicted molar refractivity (Wildman–Crippen MR) is 88.9 cm³/mol. The molecule has 26 heavy (non-hydrogen) atoms. The number of hydrogen-bond acceptors (Lipinski definition) is 5. The van der Waals surface area contributed by atoms with E-state index in [4.69, 9.17) is 0 Å². The van der Waals surface area contributed by atoms with Gasteiger partial charge in [-0.2, -0.15) is 10.1 Å². The third kappa shape index (κ3) is 3.15. The molecule has 0 amide bonds. The van der Waals surface area contributed by atoms with Gasteiger partial charge in [0.2, 0.25) is 5.95 Å². The maximum Gasteiger partial charge on any atom is 0.266 e. The van der Waals surface area contributed by atoms with Gasteiger partial charge in [0.25, 0.3) is 12.0 Å². The summed E-state index contributed by atoms with van der Waals surface area (Å²) in [6.45, 7) is -0.478. The molecule has 1 aromatic carbocycles. The molecule has 0 saturated carbocycles. The Bertz CT molecular complexity index is 1010. The van der Waals surface area contributed by atoms with Crippen LogP contribution in [0, 0.1) is 5.82 Å². The van der Waals surface area contributed by atoms with Crippen LogP contribution in [0.3, 0.4) is 0 Å². The van der Waals surface area contributed by atoms with Crippen molar-refractivity contribution in [2.24, 2.45) is 0 Å². The Morgan fingerprint density at radius 2 is 2.08 bits per heavy atom. The first-order chi connectivity index (χ1) is 12.3. The van der Waals surface area contributed by atoms with E-state index in [-0.39, 0.29) is 29.2 Å². The van der Waals surface area contributed by atoms with Gasteiger partial charge in [-0.25, -0.2) is 17.9 Å². The standard InChI is InChI=1S/C16H16F3N5O2/c1-23(2)16-20-14-12(15(26)21-16)11(7-25)22-24(14)6-8-3-4-9(13(18)19)10(17)5-8/h3-5,13,25H,6-7H2,1-2H3,(H,20,21,26). The molecule has 7 nitrogen and oxygen atoms in total. The van der Waals surface area contributed by atoms with Crippen molar-refractivity contribution in [2.45, 2.75) is 19.6 Å². The Morgan fingerprint density at radius 1 is 1.35 bits per heavy atom. The third-order valence-corrected chi connectivity index (χ3v) is 3.87. The van der Waals surface area contributed by atoms with Crippen LogP contribution in [0.5, 0.6) is 0 Å².